The van der Waals surface area contributed by atoms with Gasteiger partial charge in [-0.1, -0.05) is 24.3 Å². The minimum Gasteiger partial charge on any atom is -0.325 e. The SMILES string of the molecule is Cc1cccc(-c2nccc(Nc3ccnc(Nc4ccc(C5=CCNC5)cc4)n3)n2)n1. The fourth-order valence-corrected chi connectivity index (χ4v) is 3.43. The summed E-state index contributed by atoms with van der Waals surface area (Å²) in [5.74, 6) is 2.31. The van der Waals surface area contributed by atoms with Gasteiger partial charge < -0.3 is 16.0 Å². The topological polar surface area (TPSA) is 101 Å². The van der Waals surface area contributed by atoms with Crippen LogP contribution in [-0.4, -0.2) is 38.0 Å². The van der Waals surface area contributed by atoms with E-state index < -0.39 is 0 Å². The molecule has 4 heterocycles. The second kappa shape index (κ2) is 8.91. The van der Waals surface area contributed by atoms with Gasteiger partial charge in [-0.25, -0.2) is 19.9 Å². The van der Waals surface area contributed by atoms with Gasteiger partial charge in [0.1, 0.15) is 17.3 Å². The van der Waals surface area contributed by atoms with Crippen LogP contribution in [0.2, 0.25) is 0 Å². The predicted molar refractivity (Wildman–Crippen MR) is 126 cm³/mol. The molecule has 32 heavy (non-hydrogen) atoms. The third-order valence-electron chi connectivity index (χ3n) is 5.00. The molecular formula is C24H22N8. The Morgan fingerprint density at radius 1 is 0.812 bits per heavy atom. The smallest absolute Gasteiger partial charge is 0.229 e. The van der Waals surface area contributed by atoms with E-state index in [0.717, 1.165) is 30.2 Å². The molecule has 0 fully saturated rings. The molecule has 0 bridgehead atoms. The number of anilines is 4. The number of aromatic nitrogens is 5. The van der Waals surface area contributed by atoms with Crippen LogP contribution in [0, 0.1) is 6.92 Å². The number of hydrogen-bond donors (Lipinski definition) is 3. The van der Waals surface area contributed by atoms with Crippen LogP contribution >= 0.6 is 0 Å². The molecule has 0 saturated carbocycles. The molecule has 0 amide bonds. The third-order valence-corrected chi connectivity index (χ3v) is 5.00. The van der Waals surface area contributed by atoms with Crippen molar-refractivity contribution in [1.82, 2.24) is 30.2 Å². The van der Waals surface area contributed by atoms with Crippen molar-refractivity contribution in [1.29, 1.82) is 0 Å². The lowest BCUT2D eigenvalue weighted by Gasteiger charge is -2.09. The Kier molecular flexibility index (Phi) is 5.50. The molecule has 1 aliphatic rings. The molecule has 1 aliphatic heterocycles. The van der Waals surface area contributed by atoms with Gasteiger partial charge in [0.2, 0.25) is 5.95 Å². The number of rotatable bonds is 6. The van der Waals surface area contributed by atoms with Gasteiger partial charge in [-0.15, -0.1) is 0 Å². The number of benzene rings is 1. The molecule has 158 valence electrons. The highest BCUT2D eigenvalue weighted by Crippen LogP contribution is 2.22. The van der Waals surface area contributed by atoms with Crippen molar-refractivity contribution in [2.24, 2.45) is 0 Å². The molecular weight excluding hydrogens is 400 g/mol. The minimum atomic E-state index is 0.499. The highest BCUT2D eigenvalue weighted by Gasteiger charge is 2.08. The lowest BCUT2D eigenvalue weighted by atomic mass is 10.1. The van der Waals surface area contributed by atoms with Crippen LogP contribution in [0.4, 0.5) is 23.3 Å². The van der Waals surface area contributed by atoms with Gasteiger partial charge in [-0.05, 0) is 54.5 Å². The first kappa shape index (κ1) is 19.8. The maximum Gasteiger partial charge on any atom is 0.229 e. The number of hydrogen-bond acceptors (Lipinski definition) is 8. The predicted octanol–water partition coefficient (Wildman–Crippen LogP) is 4.11. The zero-order valence-corrected chi connectivity index (χ0v) is 17.6. The average Bonchev–Trinajstić information content (AvgIpc) is 3.35. The Bertz CT molecular complexity index is 1270. The number of nitrogens with one attached hydrogen (secondary N) is 3. The molecule has 0 radical (unpaired) electrons. The van der Waals surface area contributed by atoms with Gasteiger partial charge in [0, 0.05) is 36.9 Å². The maximum absolute atomic E-state index is 4.56. The van der Waals surface area contributed by atoms with Crippen LogP contribution in [0.1, 0.15) is 11.3 Å². The van der Waals surface area contributed by atoms with E-state index in [2.05, 4.69) is 59.1 Å². The van der Waals surface area contributed by atoms with E-state index in [-0.39, 0.29) is 0 Å². The van der Waals surface area contributed by atoms with E-state index in [0.29, 0.717) is 23.4 Å². The molecule has 3 aromatic heterocycles. The van der Waals surface area contributed by atoms with Crippen LogP contribution < -0.4 is 16.0 Å². The Labute approximate surface area is 185 Å². The van der Waals surface area contributed by atoms with E-state index in [1.54, 1.807) is 24.5 Å². The van der Waals surface area contributed by atoms with Crippen LogP contribution in [0.3, 0.4) is 0 Å². The lowest BCUT2D eigenvalue weighted by Crippen LogP contribution is -2.07. The summed E-state index contributed by atoms with van der Waals surface area (Å²) in [5, 5.41) is 9.79. The molecule has 0 atom stereocenters. The zero-order valence-electron chi connectivity index (χ0n) is 17.6. The van der Waals surface area contributed by atoms with E-state index in [1.165, 1.54) is 11.1 Å². The summed E-state index contributed by atoms with van der Waals surface area (Å²) in [6.45, 7) is 3.78. The van der Waals surface area contributed by atoms with Crippen molar-refractivity contribution in [3.63, 3.8) is 0 Å². The molecule has 1 aromatic carbocycles. The highest BCUT2D eigenvalue weighted by atomic mass is 15.2. The second-order valence-electron chi connectivity index (χ2n) is 7.38. The molecule has 8 nitrogen and oxygen atoms in total. The molecule has 0 aliphatic carbocycles. The molecule has 4 aromatic rings. The summed E-state index contributed by atoms with van der Waals surface area (Å²) in [6, 6.07) is 17.6. The first-order valence-corrected chi connectivity index (χ1v) is 10.4. The summed E-state index contributed by atoms with van der Waals surface area (Å²) >= 11 is 0. The van der Waals surface area contributed by atoms with Crippen molar-refractivity contribution < 1.29 is 0 Å². The number of nitrogens with zero attached hydrogens (tertiary/aromatic N) is 5. The van der Waals surface area contributed by atoms with Gasteiger partial charge in [0.15, 0.2) is 5.82 Å². The second-order valence-corrected chi connectivity index (χ2v) is 7.38. The number of aryl methyl sites for hydroxylation is 1. The Morgan fingerprint density at radius 2 is 1.62 bits per heavy atom. The Morgan fingerprint density at radius 3 is 2.41 bits per heavy atom. The monoisotopic (exact) mass is 422 g/mol. The zero-order chi connectivity index (χ0) is 21.8. The summed E-state index contributed by atoms with van der Waals surface area (Å²) in [7, 11) is 0. The first-order valence-electron chi connectivity index (χ1n) is 10.4. The summed E-state index contributed by atoms with van der Waals surface area (Å²) in [6.07, 6.45) is 5.62. The quantitative estimate of drug-likeness (QED) is 0.427. The van der Waals surface area contributed by atoms with E-state index in [1.807, 2.05) is 37.3 Å². The van der Waals surface area contributed by atoms with Crippen LogP contribution in [-0.2, 0) is 0 Å². The van der Waals surface area contributed by atoms with Gasteiger partial charge in [0.05, 0.1) is 0 Å². The first-order chi connectivity index (χ1) is 15.7. The van der Waals surface area contributed by atoms with E-state index in [9.17, 15) is 0 Å². The average molecular weight is 422 g/mol. The van der Waals surface area contributed by atoms with Crippen LogP contribution in [0.25, 0.3) is 17.1 Å². The van der Waals surface area contributed by atoms with Gasteiger partial charge >= 0.3 is 0 Å². The van der Waals surface area contributed by atoms with Crippen molar-refractivity contribution in [3.05, 3.63) is 84.3 Å². The lowest BCUT2D eigenvalue weighted by molar-refractivity contribution is 0.897. The summed E-state index contributed by atoms with van der Waals surface area (Å²) < 4.78 is 0. The molecule has 5 rings (SSSR count). The summed E-state index contributed by atoms with van der Waals surface area (Å²) in [4.78, 5) is 22.3. The van der Waals surface area contributed by atoms with Crippen LogP contribution in [0.15, 0.2) is 73.1 Å². The van der Waals surface area contributed by atoms with Gasteiger partial charge in [-0.2, -0.15) is 4.98 Å². The molecule has 0 saturated heterocycles. The largest absolute Gasteiger partial charge is 0.325 e. The number of pyridine rings is 1. The van der Waals surface area contributed by atoms with Crippen LogP contribution in [0.5, 0.6) is 0 Å². The van der Waals surface area contributed by atoms with Crippen molar-refractivity contribution in [2.75, 3.05) is 23.7 Å². The van der Waals surface area contributed by atoms with E-state index >= 15 is 0 Å². The maximum atomic E-state index is 4.56. The molecule has 8 heteroatoms. The fourth-order valence-electron chi connectivity index (χ4n) is 3.43. The highest BCUT2D eigenvalue weighted by molar-refractivity contribution is 5.71. The normalized spacial score (nSPS) is 13.0. The summed E-state index contributed by atoms with van der Waals surface area (Å²) in [5.41, 5.74) is 5.11. The fraction of sp³-hybridized carbons (Fsp3) is 0.125. The molecule has 3 N–H and O–H groups in total. The van der Waals surface area contributed by atoms with Gasteiger partial charge in [0.25, 0.3) is 0 Å². The van der Waals surface area contributed by atoms with Crippen molar-refractivity contribution >= 4 is 28.8 Å². The minimum absolute atomic E-state index is 0.499. The Balaban J connectivity index is 1.30. The standard InChI is InChI=1S/C24H22N8/c1-16-3-2-4-20(28-16)23-26-13-10-21(31-23)30-22-11-14-27-24(32-22)29-19-7-5-17(6-8-19)18-9-12-25-15-18/h2-11,13-14,25H,12,15H2,1H3,(H2,26,27,29,30,31,32). The third kappa shape index (κ3) is 4.60. The van der Waals surface area contributed by atoms with Crippen molar-refractivity contribution in [3.8, 4) is 11.5 Å². The van der Waals surface area contributed by atoms with Crippen molar-refractivity contribution in [2.45, 2.75) is 6.92 Å². The Hall–Kier alpha value is -4.17. The molecule has 0 unspecified atom stereocenters. The molecule has 0 spiro atoms. The van der Waals surface area contributed by atoms with E-state index in [4.69, 9.17) is 0 Å². The van der Waals surface area contributed by atoms with Gasteiger partial charge in [-0.3, -0.25) is 0 Å².